The number of nitrogens with one attached hydrogen (secondary N) is 2. The van der Waals surface area contributed by atoms with Crippen LogP contribution in [0.25, 0.3) is 0 Å². The predicted molar refractivity (Wildman–Crippen MR) is 65.2 cm³/mol. The minimum absolute atomic E-state index is 0.0198. The molecule has 0 aromatic rings. The van der Waals surface area contributed by atoms with E-state index in [1.54, 1.807) is 0 Å². The molecule has 2 aliphatic rings. The van der Waals surface area contributed by atoms with E-state index in [1.165, 1.54) is 6.42 Å². The third kappa shape index (κ3) is 2.40. The molecule has 0 bridgehead atoms. The van der Waals surface area contributed by atoms with Gasteiger partial charge in [-0.3, -0.25) is 4.79 Å². The average Bonchev–Trinajstić information content (AvgIpc) is 3.03. The molecule has 2 rings (SSSR count). The van der Waals surface area contributed by atoms with Gasteiger partial charge in [0.2, 0.25) is 5.91 Å². The van der Waals surface area contributed by atoms with Crippen LogP contribution in [0.2, 0.25) is 0 Å². The van der Waals surface area contributed by atoms with Crippen LogP contribution in [0, 0.1) is 5.41 Å². The summed E-state index contributed by atoms with van der Waals surface area (Å²) in [6.45, 7) is 5.43. The zero-order valence-corrected chi connectivity index (χ0v) is 10.5. The van der Waals surface area contributed by atoms with Crippen molar-refractivity contribution in [2.24, 2.45) is 5.41 Å². The highest BCUT2D eigenvalue weighted by Gasteiger charge is 2.49. The number of carbonyl (C=O) groups is 1. The molecule has 0 aromatic carbocycles. The molecule has 1 saturated heterocycles. The first-order valence-corrected chi connectivity index (χ1v) is 6.72. The van der Waals surface area contributed by atoms with Gasteiger partial charge in [0.1, 0.15) is 0 Å². The Hall–Kier alpha value is -0.570. The Kier molecular flexibility index (Phi) is 3.53. The van der Waals surface area contributed by atoms with E-state index in [9.17, 15) is 4.79 Å². The highest BCUT2D eigenvalue weighted by Crippen LogP contribution is 2.49. The Morgan fingerprint density at radius 2 is 2.25 bits per heavy atom. The fraction of sp³-hybridized carbons (Fsp3) is 0.923. The number of hydrogen-bond donors (Lipinski definition) is 2. The number of hydrogen-bond acceptors (Lipinski definition) is 2. The van der Waals surface area contributed by atoms with E-state index < -0.39 is 0 Å². The first-order chi connectivity index (χ1) is 7.68. The molecule has 1 aliphatic carbocycles. The minimum atomic E-state index is 0.0198. The largest absolute Gasteiger partial charge is 0.351 e. The lowest BCUT2D eigenvalue weighted by Gasteiger charge is -2.32. The van der Waals surface area contributed by atoms with E-state index in [1.807, 2.05) is 0 Å². The highest BCUT2D eigenvalue weighted by molar-refractivity contribution is 5.85. The van der Waals surface area contributed by atoms with Crippen molar-refractivity contribution in [3.05, 3.63) is 0 Å². The van der Waals surface area contributed by atoms with Crippen LogP contribution in [0.5, 0.6) is 0 Å². The van der Waals surface area contributed by atoms with Gasteiger partial charge in [0.05, 0.1) is 0 Å². The molecule has 0 spiro atoms. The molecular formula is C13H24N2O. The van der Waals surface area contributed by atoms with Crippen LogP contribution in [0.15, 0.2) is 0 Å². The summed E-state index contributed by atoms with van der Waals surface area (Å²) in [5, 5.41) is 6.68. The van der Waals surface area contributed by atoms with Crippen LogP contribution in [-0.2, 0) is 4.79 Å². The van der Waals surface area contributed by atoms with Crippen LogP contribution in [0.1, 0.15) is 52.4 Å². The van der Waals surface area contributed by atoms with Gasteiger partial charge in [-0.05, 0) is 45.6 Å². The predicted octanol–water partition coefficient (Wildman–Crippen LogP) is 1.82. The van der Waals surface area contributed by atoms with Gasteiger partial charge in [0.15, 0.2) is 0 Å². The second-order valence-electron chi connectivity index (χ2n) is 5.50. The van der Waals surface area contributed by atoms with E-state index in [4.69, 9.17) is 0 Å². The van der Waals surface area contributed by atoms with E-state index in [-0.39, 0.29) is 5.41 Å². The monoisotopic (exact) mass is 224 g/mol. The van der Waals surface area contributed by atoms with Gasteiger partial charge in [-0.1, -0.05) is 13.3 Å². The molecule has 1 aliphatic heterocycles. The Morgan fingerprint density at radius 1 is 1.50 bits per heavy atom. The summed E-state index contributed by atoms with van der Waals surface area (Å²) in [7, 11) is 0. The van der Waals surface area contributed by atoms with Gasteiger partial charge in [-0.25, -0.2) is 0 Å². The van der Waals surface area contributed by atoms with Gasteiger partial charge in [-0.15, -0.1) is 0 Å². The SMILES string of the molecule is CCCC1(C(=O)NC2CCCNC2C)CC1. The molecule has 1 amide bonds. The molecule has 2 fully saturated rings. The van der Waals surface area contributed by atoms with Crippen LogP contribution in [0.3, 0.4) is 0 Å². The number of rotatable bonds is 4. The fourth-order valence-corrected chi connectivity index (χ4v) is 2.78. The number of piperidine rings is 1. The molecule has 2 atom stereocenters. The standard InChI is InChI=1S/C13H24N2O/c1-3-6-13(7-8-13)12(16)15-11-5-4-9-14-10(11)2/h10-11,14H,3-9H2,1-2H3,(H,15,16). The van der Waals surface area contributed by atoms with E-state index in [2.05, 4.69) is 24.5 Å². The summed E-state index contributed by atoms with van der Waals surface area (Å²) in [4.78, 5) is 12.2. The average molecular weight is 224 g/mol. The van der Waals surface area contributed by atoms with Crippen LogP contribution < -0.4 is 10.6 Å². The van der Waals surface area contributed by atoms with Crippen molar-refractivity contribution >= 4 is 5.91 Å². The third-order valence-electron chi connectivity index (χ3n) is 4.14. The van der Waals surface area contributed by atoms with Gasteiger partial charge >= 0.3 is 0 Å². The van der Waals surface area contributed by atoms with Gasteiger partial charge in [-0.2, -0.15) is 0 Å². The topological polar surface area (TPSA) is 41.1 Å². The second-order valence-corrected chi connectivity index (χ2v) is 5.50. The summed E-state index contributed by atoms with van der Waals surface area (Å²) in [5.74, 6) is 0.315. The molecule has 0 aromatic heterocycles. The first kappa shape index (κ1) is 11.9. The van der Waals surface area contributed by atoms with Crippen molar-refractivity contribution < 1.29 is 4.79 Å². The fourth-order valence-electron chi connectivity index (χ4n) is 2.78. The maximum Gasteiger partial charge on any atom is 0.226 e. The minimum Gasteiger partial charge on any atom is -0.351 e. The Labute approximate surface area is 98.4 Å². The van der Waals surface area contributed by atoms with Crippen LogP contribution in [-0.4, -0.2) is 24.5 Å². The van der Waals surface area contributed by atoms with Gasteiger partial charge in [0, 0.05) is 17.5 Å². The number of carbonyl (C=O) groups excluding carboxylic acids is 1. The van der Waals surface area contributed by atoms with E-state index >= 15 is 0 Å². The van der Waals surface area contributed by atoms with Gasteiger partial charge < -0.3 is 10.6 Å². The van der Waals surface area contributed by atoms with Crippen LogP contribution >= 0.6 is 0 Å². The molecular weight excluding hydrogens is 200 g/mol. The van der Waals surface area contributed by atoms with Crippen LogP contribution in [0.4, 0.5) is 0 Å². The van der Waals surface area contributed by atoms with Gasteiger partial charge in [0.25, 0.3) is 0 Å². The quantitative estimate of drug-likeness (QED) is 0.765. The zero-order valence-electron chi connectivity index (χ0n) is 10.5. The van der Waals surface area contributed by atoms with Crippen molar-refractivity contribution in [2.45, 2.75) is 64.5 Å². The first-order valence-electron chi connectivity index (χ1n) is 6.72. The van der Waals surface area contributed by atoms with E-state index in [0.717, 1.165) is 38.6 Å². The maximum absolute atomic E-state index is 12.2. The third-order valence-corrected chi connectivity index (χ3v) is 4.14. The molecule has 0 radical (unpaired) electrons. The lowest BCUT2D eigenvalue weighted by Crippen LogP contribution is -2.53. The van der Waals surface area contributed by atoms with Crippen molar-refractivity contribution in [3.63, 3.8) is 0 Å². The lowest BCUT2D eigenvalue weighted by atomic mass is 9.95. The Balaban J connectivity index is 1.86. The molecule has 16 heavy (non-hydrogen) atoms. The zero-order chi connectivity index (χ0) is 11.6. The number of amides is 1. The van der Waals surface area contributed by atoms with Crippen molar-refractivity contribution in [3.8, 4) is 0 Å². The molecule has 1 saturated carbocycles. The molecule has 2 unspecified atom stereocenters. The smallest absolute Gasteiger partial charge is 0.226 e. The highest BCUT2D eigenvalue weighted by atomic mass is 16.2. The molecule has 3 nitrogen and oxygen atoms in total. The normalized spacial score (nSPS) is 32.1. The van der Waals surface area contributed by atoms with E-state index in [0.29, 0.717) is 18.0 Å². The molecule has 1 heterocycles. The van der Waals surface area contributed by atoms with Crippen molar-refractivity contribution in [1.29, 1.82) is 0 Å². The summed E-state index contributed by atoms with van der Waals surface area (Å²) in [6, 6.07) is 0.769. The van der Waals surface area contributed by atoms with Crippen molar-refractivity contribution in [1.82, 2.24) is 10.6 Å². The summed E-state index contributed by atoms with van der Waals surface area (Å²) in [5.41, 5.74) is 0.0198. The Bertz CT molecular complexity index is 261. The lowest BCUT2D eigenvalue weighted by molar-refractivity contribution is -0.127. The Morgan fingerprint density at radius 3 is 2.81 bits per heavy atom. The summed E-state index contributed by atoms with van der Waals surface area (Å²) in [6.07, 6.45) is 6.68. The molecule has 92 valence electrons. The molecule has 3 heteroatoms. The second kappa shape index (κ2) is 4.74. The molecule has 2 N–H and O–H groups in total. The summed E-state index contributed by atoms with van der Waals surface area (Å²) < 4.78 is 0. The maximum atomic E-state index is 12.2. The van der Waals surface area contributed by atoms with Crippen molar-refractivity contribution in [2.75, 3.05) is 6.54 Å². The summed E-state index contributed by atoms with van der Waals surface area (Å²) >= 11 is 0.